The highest BCUT2D eigenvalue weighted by molar-refractivity contribution is 9.10. The van der Waals surface area contributed by atoms with E-state index < -0.39 is 0 Å². The van der Waals surface area contributed by atoms with Gasteiger partial charge in [0, 0.05) is 23.7 Å². The molecule has 3 nitrogen and oxygen atoms in total. The van der Waals surface area contributed by atoms with Gasteiger partial charge in [-0.05, 0) is 44.0 Å². The van der Waals surface area contributed by atoms with Crippen LogP contribution in [0.3, 0.4) is 0 Å². The first-order valence-electron chi connectivity index (χ1n) is 7.09. The molecule has 0 aromatic heterocycles. The highest BCUT2D eigenvalue weighted by atomic mass is 79.9. The largest absolute Gasteiger partial charge is 0.488 e. The van der Waals surface area contributed by atoms with Crippen LogP contribution in [-0.4, -0.2) is 26.4 Å². The fourth-order valence-corrected chi connectivity index (χ4v) is 2.68. The molecule has 1 atom stereocenters. The first-order valence-corrected chi connectivity index (χ1v) is 7.88. The maximum Gasteiger partial charge on any atom is 0.127 e. The normalized spacial score (nSPS) is 12.8. The Balaban J connectivity index is 2.84. The number of hydrogen-bond acceptors (Lipinski definition) is 3. The third-order valence-electron chi connectivity index (χ3n) is 2.90. The SMILES string of the molecule is COCC(C)Oc1c(C)cc(Br)cc1CNCC(C)C. The Hall–Kier alpha value is -0.580. The lowest BCUT2D eigenvalue weighted by Gasteiger charge is -2.20. The topological polar surface area (TPSA) is 30.5 Å². The molecule has 0 aliphatic rings. The average molecular weight is 344 g/mol. The van der Waals surface area contributed by atoms with Crippen LogP contribution in [0.1, 0.15) is 31.9 Å². The van der Waals surface area contributed by atoms with Crippen LogP contribution in [0, 0.1) is 12.8 Å². The van der Waals surface area contributed by atoms with Crippen molar-refractivity contribution >= 4 is 15.9 Å². The fourth-order valence-electron chi connectivity index (χ4n) is 2.06. The predicted octanol–water partition coefficient (Wildman–Crippen LogP) is 3.92. The Morgan fingerprint density at radius 3 is 2.55 bits per heavy atom. The van der Waals surface area contributed by atoms with Crippen LogP contribution < -0.4 is 10.1 Å². The first kappa shape index (κ1) is 17.5. The monoisotopic (exact) mass is 343 g/mol. The van der Waals surface area contributed by atoms with E-state index in [4.69, 9.17) is 9.47 Å². The lowest BCUT2D eigenvalue weighted by Crippen LogP contribution is -2.22. The number of benzene rings is 1. The molecule has 0 fully saturated rings. The Morgan fingerprint density at radius 1 is 1.25 bits per heavy atom. The summed E-state index contributed by atoms with van der Waals surface area (Å²) in [5.74, 6) is 1.61. The second-order valence-electron chi connectivity index (χ2n) is 5.62. The van der Waals surface area contributed by atoms with Gasteiger partial charge < -0.3 is 14.8 Å². The van der Waals surface area contributed by atoms with Crippen molar-refractivity contribution in [3.63, 3.8) is 0 Å². The van der Waals surface area contributed by atoms with Crippen LogP contribution in [0.5, 0.6) is 5.75 Å². The summed E-state index contributed by atoms with van der Waals surface area (Å²) in [5.41, 5.74) is 2.32. The van der Waals surface area contributed by atoms with Gasteiger partial charge >= 0.3 is 0 Å². The molecule has 0 aliphatic carbocycles. The van der Waals surface area contributed by atoms with E-state index in [0.29, 0.717) is 12.5 Å². The third kappa shape index (κ3) is 5.81. The van der Waals surface area contributed by atoms with Gasteiger partial charge in [-0.2, -0.15) is 0 Å². The molecule has 20 heavy (non-hydrogen) atoms. The van der Waals surface area contributed by atoms with Crippen LogP contribution >= 0.6 is 15.9 Å². The summed E-state index contributed by atoms with van der Waals surface area (Å²) in [4.78, 5) is 0. The lowest BCUT2D eigenvalue weighted by molar-refractivity contribution is 0.0908. The Kier molecular flexibility index (Phi) is 7.56. The van der Waals surface area contributed by atoms with Crippen molar-refractivity contribution in [3.8, 4) is 5.75 Å². The van der Waals surface area contributed by atoms with E-state index >= 15 is 0 Å². The van der Waals surface area contributed by atoms with E-state index in [1.54, 1.807) is 7.11 Å². The second-order valence-corrected chi connectivity index (χ2v) is 6.54. The summed E-state index contributed by atoms with van der Waals surface area (Å²) in [7, 11) is 1.69. The van der Waals surface area contributed by atoms with Crippen molar-refractivity contribution < 1.29 is 9.47 Å². The van der Waals surface area contributed by atoms with Crippen molar-refractivity contribution in [3.05, 3.63) is 27.7 Å². The molecule has 114 valence electrons. The number of hydrogen-bond donors (Lipinski definition) is 1. The van der Waals surface area contributed by atoms with Crippen LogP contribution in [0.25, 0.3) is 0 Å². The van der Waals surface area contributed by atoms with Gasteiger partial charge in [0.25, 0.3) is 0 Å². The summed E-state index contributed by atoms with van der Waals surface area (Å²) in [5, 5.41) is 3.47. The Morgan fingerprint density at radius 2 is 1.95 bits per heavy atom. The molecule has 1 N–H and O–H groups in total. The van der Waals surface area contributed by atoms with Crippen LogP contribution in [0.15, 0.2) is 16.6 Å². The zero-order chi connectivity index (χ0) is 15.1. The highest BCUT2D eigenvalue weighted by Crippen LogP contribution is 2.29. The minimum atomic E-state index is 0.0451. The first-order chi connectivity index (χ1) is 9.43. The summed E-state index contributed by atoms with van der Waals surface area (Å²) < 4.78 is 12.3. The molecular weight excluding hydrogens is 318 g/mol. The van der Waals surface area contributed by atoms with Gasteiger partial charge in [0.2, 0.25) is 0 Å². The molecule has 1 aromatic rings. The van der Waals surface area contributed by atoms with E-state index in [0.717, 1.165) is 28.9 Å². The van der Waals surface area contributed by atoms with Crippen molar-refractivity contribution in [2.75, 3.05) is 20.3 Å². The number of methoxy groups -OCH3 is 1. The highest BCUT2D eigenvalue weighted by Gasteiger charge is 2.12. The van der Waals surface area contributed by atoms with Gasteiger partial charge in [-0.1, -0.05) is 29.8 Å². The minimum Gasteiger partial charge on any atom is -0.488 e. The molecule has 0 heterocycles. The van der Waals surface area contributed by atoms with E-state index in [1.807, 2.05) is 6.92 Å². The molecule has 0 radical (unpaired) electrons. The Bertz CT molecular complexity index is 421. The number of halogens is 1. The quantitative estimate of drug-likeness (QED) is 0.775. The van der Waals surface area contributed by atoms with Gasteiger partial charge in [0.1, 0.15) is 11.9 Å². The molecule has 1 aromatic carbocycles. The maximum absolute atomic E-state index is 6.04. The number of aryl methyl sites for hydroxylation is 1. The van der Waals surface area contributed by atoms with E-state index in [-0.39, 0.29) is 6.10 Å². The molecule has 1 unspecified atom stereocenters. The third-order valence-corrected chi connectivity index (χ3v) is 3.36. The lowest BCUT2D eigenvalue weighted by atomic mass is 10.1. The van der Waals surface area contributed by atoms with Crippen molar-refractivity contribution in [2.45, 2.75) is 40.3 Å². The average Bonchev–Trinajstić information content (AvgIpc) is 2.33. The van der Waals surface area contributed by atoms with E-state index in [9.17, 15) is 0 Å². The molecule has 4 heteroatoms. The Labute approximate surface area is 131 Å². The smallest absolute Gasteiger partial charge is 0.127 e. The van der Waals surface area contributed by atoms with Gasteiger partial charge in [0.05, 0.1) is 6.61 Å². The standard InChI is InChI=1S/C16H26BrNO2/c1-11(2)8-18-9-14-7-15(17)6-12(3)16(14)20-13(4)10-19-5/h6-7,11,13,18H,8-10H2,1-5H3. The molecule has 0 bridgehead atoms. The van der Waals surface area contributed by atoms with Gasteiger partial charge in [-0.3, -0.25) is 0 Å². The summed E-state index contributed by atoms with van der Waals surface area (Å²) in [6.07, 6.45) is 0.0451. The molecule has 0 amide bonds. The van der Waals surface area contributed by atoms with Crippen molar-refractivity contribution in [2.24, 2.45) is 5.92 Å². The number of rotatable bonds is 8. The van der Waals surface area contributed by atoms with Crippen molar-refractivity contribution in [1.82, 2.24) is 5.32 Å². The number of nitrogens with one attached hydrogen (secondary N) is 1. The van der Waals surface area contributed by atoms with Crippen LogP contribution in [0.2, 0.25) is 0 Å². The van der Waals surface area contributed by atoms with Gasteiger partial charge in [-0.25, -0.2) is 0 Å². The molecule has 0 aliphatic heterocycles. The summed E-state index contributed by atoms with van der Waals surface area (Å²) in [6, 6.07) is 4.20. The van der Waals surface area contributed by atoms with E-state index in [1.165, 1.54) is 5.56 Å². The van der Waals surface area contributed by atoms with Crippen LogP contribution in [0.4, 0.5) is 0 Å². The predicted molar refractivity (Wildman–Crippen MR) is 87.4 cm³/mol. The number of ether oxygens (including phenoxy) is 2. The minimum absolute atomic E-state index is 0.0451. The van der Waals surface area contributed by atoms with E-state index in [2.05, 4.69) is 54.2 Å². The van der Waals surface area contributed by atoms with Crippen LogP contribution in [-0.2, 0) is 11.3 Å². The second kappa shape index (κ2) is 8.65. The molecule has 0 spiro atoms. The summed E-state index contributed by atoms with van der Waals surface area (Å²) in [6.45, 7) is 10.9. The molecule has 1 rings (SSSR count). The molecule has 0 saturated heterocycles. The maximum atomic E-state index is 6.04. The zero-order valence-electron chi connectivity index (χ0n) is 13.1. The molecular formula is C16H26BrNO2. The zero-order valence-corrected chi connectivity index (χ0v) is 14.7. The van der Waals surface area contributed by atoms with Crippen molar-refractivity contribution in [1.29, 1.82) is 0 Å². The van der Waals surface area contributed by atoms with Gasteiger partial charge in [0.15, 0.2) is 0 Å². The summed E-state index contributed by atoms with van der Waals surface area (Å²) >= 11 is 3.56. The molecule has 0 saturated carbocycles. The van der Waals surface area contributed by atoms with Gasteiger partial charge in [-0.15, -0.1) is 0 Å². The fraction of sp³-hybridized carbons (Fsp3) is 0.625.